The second kappa shape index (κ2) is 7.25. The van der Waals surface area contributed by atoms with Crippen LogP contribution in [0.25, 0.3) is 0 Å². The molecule has 6 heteroatoms. The molecule has 0 aliphatic rings. The van der Waals surface area contributed by atoms with E-state index in [-0.39, 0.29) is 13.0 Å². The molecule has 0 heterocycles. The molecule has 0 amide bonds. The molecule has 1 rings (SSSR count). The van der Waals surface area contributed by atoms with Gasteiger partial charge in [-0.15, -0.1) is 0 Å². The Morgan fingerprint density at radius 2 is 1.89 bits per heavy atom. The van der Waals surface area contributed by atoms with E-state index in [9.17, 15) is 13.2 Å². The first kappa shape index (κ1) is 15.7. The highest BCUT2D eigenvalue weighted by atomic mass is 32.2. The van der Waals surface area contributed by atoms with Gasteiger partial charge in [0, 0.05) is 0 Å². The van der Waals surface area contributed by atoms with Crippen LogP contribution in [0.4, 0.5) is 0 Å². The number of methoxy groups -OCH3 is 1. The van der Waals surface area contributed by atoms with E-state index >= 15 is 0 Å². The molecule has 0 spiro atoms. The van der Waals surface area contributed by atoms with Crippen LogP contribution in [0.3, 0.4) is 0 Å². The third-order valence-electron chi connectivity index (χ3n) is 2.65. The fourth-order valence-corrected chi connectivity index (χ4v) is 2.35. The summed E-state index contributed by atoms with van der Waals surface area (Å²) in [5.41, 5.74) is 0.901. The van der Waals surface area contributed by atoms with Gasteiger partial charge in [0.25, 0.3) is 0 Å². The minimum absolute atomic E-state index is 0.159. The Morgan fingerprint density at radius 1 is 1.26 bits per heavy atom. The van der Waals surface area contributed by atoms with E-state index in [2.05, 4.69) is 4.74 Å². The molecular weight excluding hydrogens is 268 g/mol. The Kier molecular flexibility index (Phi) is 5.98. The second-order valence-corrected chi connectivity index (χ2v) is 6.57. The summed E-state index contributed by atoms with van der Waals surface area (Å²) in [6, 6.07) is 9.29. The Balaban J connectivity index is 2.44. The third kappa shape index (κ3) is 5.40. The van der Waals surface area contributed by atoms with Crippen LogP contribution in [-0.2, 0) is 30.7 Å². The highest BCUT2D eigenvalue weighted by molar-refractivity contribution is 7.91. The maximum atomic E-state index is 11.8. The summed E-state index contributed by atoms with van der Waals surface area (Å²) in [4.78, 5) is 11.0. The molecule has 0 aliphatic carbocycles. The van der Waals surface area contributed by atoms with Crippen molar-refractivity contribution in [1.82, 2.24) is 0 Å². The van der Waals surface area contributed by atoms with Gasteiger partial charge in [-0.25, -0.2) is 8.42 Å². The van der Waals surface area contributed by atoms with Crippen LogP contribution in [0, 0.1) is 0 Å². The lowest BCUT2D eigenvalue weighted by Gasteiger charge is -2.12. The molecule has 19 heavy (non-hydrogen) atoms. The lowest BCUT2D eigenvalue weighted by molar-refractivity contribution is -0.140. The van der Waals surface area contributed by atoms with Crippen molar-refractivity contribution >= 4 is 15.8 Å². The standard InChI is InChI=1S/C13H18O5S/c1-11(8-13(14)17-2)19(15,16)10-18-9-12-6-4-3-5-7-12/h3-7,11H,8-10H2,1-2H3. The predicted octanol–water partition coefficient (Wildman–Crippen LogP) is 1.53. The Bertz CT molecular complexity index is 495. The van der Waals surface area contributed by atoms with Crippen molar-refractivity contribution < 1.29 is 22.7 Å². The first-order valence-electron chi connectivity index (χ1n) is 5.85. The maximum absolute atomic E-state index is 11.8. The molecule has 0 aromatic heterocycles. The number of benzene rings is 1. The number of sulfone groups is 1. The van der Waals surface area contributed by atoms with E-state index in [1.54, 1.807) is 0 Å². The number of hydrogen-bond acceptors (Lipinski definition) is 5. The molecule has 0 saturated heterocycles. The van der Waals surface area contributed by atoms with Gasteiger partial charge in [-0.2, -0.15) is 0 Å². The van der Waals surface area contributed by atoms with E-state index in [1.165, 1.54) is 14.0 Å². The van der Waals surface area contributed by atoms with Gasteiger partial charge in [-0.1, -0.05) is 30.3 Å². The quantitative estimate of drug-likeness (QED) is 0.711. The predicted molar refractivity (Wildman–Crippen MR) is 71.1 cm³/mol. The average Bonchev–Trinajstić information content (AvgIpc) is 2.39. The largest absolute Gasteiger partial charge is 0.469 e. The molecule has 1 aromatic rings. The van der Waals surface area contributed by atoms with Crippen molar-refractivity contribution in [3.8, 4) is 0 Å². The van der Waals surface area contributed by atoms with Crippen molar-refractivity contribution in [2.45, 2.75) is 25.2 Å². The lowest BCUT2D eigenvalue weighted by atomic mass is 10.2. The van der Waals surface area contributed by atoms with Crippen LogP contribution in [0.2, 0.25) is 0 Å². The number of carbonyl (C=O) groups excluding carboxylic acids is 1. The summed E-state index contributed by atoms with van der Waals surface area (Å²) >= 11 is 0. The first-order chi connectivity index (χ1) is 8.95. The zero-order valence-corrected chi connectivity index (χ0v) is 11.9. The van der Waals surface area contributed by atoms with Crippen LogP contribution < -0.4 is 0 Å². The van der Waals surface area contributed by atoms with Gasteiger partial charge in [0.05, 0.1) is 25.4 Å². The molecule has 0 N–H and O–H groups in total. The van der Waals surface area contributed by atoms with E-state index in [1.807, 2.05) is 30.3 Å². The fraction of sp³-hybridized carbons (Fsp3) is 0.462. The zero-order chi connectivity index (χ0) is 14.3. The summed E-state index contributed by atoms with van der Waals surface area (Å²) in [5.74, 6) is -0.945. The van der Waals surface area contributed by atoms with Crippen molar-refractivity contribution in [3.63, 3.8) is 0 Å². The zero-order valence-electron chi connectivity index (χ0n) is 11.0. The second-order valence-electron chi connectivity index (χ2n) is 4.21. The summed E-state index contributed by atoms with van der Waals surface area (Å²) in [5, 5.41) is -0.810. The molecular formula is C13H18O5S. The summed E-state index contributed by atoms with van der Waals surface area (Å²) < 4.78 is 33.3. The molecule has 0 radical (unpaired) electrons. The van der Waals surface area contributed by atoms with Gasteiger partial charge >= 0.3 is 5.97 Å². The van der Waals surface area contributed by atoms with Crippen molar-refractivity contribution in [1.29, 1.82) is 0 Å². The fourth-order valence-electron chi connectivity index (χ4n) is 1.41. The Labute approximate surface area is 113 Å². The van der Waals surface area contributed by atoms with Crippen LogP contribution >= 0.6 is 0 Å². The monoisotopic (exact) mass is 286 g/mol. The summed E-state index contributed by atoms with van der Waals surface area (Å²) in [6.45, 7) is 1.70. The highest BCUT2D eigenvalue weighted by Crippen LogP contribution is 2.09. The van der Waals surface area contributed by atoms with Gasteiger partial charge in [0.1, 0.15) is 5.94 Å². The van der Waals surface area contributed by atoms with Crippen molar-refractivity contribution in [2.75, 3.05) is 13.0 Å². The van der Waals surface area contributed by atoms with E-state index in [0.717, 1.165) is 5.56 Å². The summed E-state index contributed by atoms with van der Waals surface area (Å²) in [6.07, 6.45) is -0.159. The van der Waals surface area contributed by atoms with Crippen LogP contribution in [0.15, 0.2) is 30.3 Å². The lowest BCUT2D eigenvalue weighted by Crippen LogP contribution is -2.25. The van der Waals surface area contributed by atoms with Gasteiger partial charge in [-0.3, -0.25) is 4.79 Å². The topological polar surface area (TPSA) is 69.7 Å². The SMILES string of the molecule is COC(=O)CC(C)S(=O)(=O)COCc1ccccc1. The molecule has 1 atom stereocenters. The average molecular weight is 286 g/mol. The van der Waals surface area contributed by atoms with Crippen LogP contribution in [0.1, 0.15) is 18.9 Å². The van der Waals surface area contributed by atoms with Crippen LogP contribution in [0.5, 0.6) is 0 Å². The van der Waals surface area contributed by atoms with Gasteiger partial charge in [-0.05, 0) is 12.5 Å². The van der Waals surface area contributed by atoms with Crippen molar-refractivity contribution in [2.24, 2.45) is 0 Å². The molecule has 106 valence electrons. The molecule has 0 fully saturated rings. The number of ether oxygens (including phenoxy) is 2. The third-order valence-corrected chi connectivity index (χ3v) is 4.54. The molecule has 1 unspecified atom stereocenters. The first-order valence-corrected chi connectivity index (χ1v) is 7.57. The van der Waals surface area contributed by atoms with Gasteiger partial charge in [0.2, 0.25) is 0 Å². The normalized spacial score (nSPS) is 12.9. The minimum Gasteiger partial charge on any atom is -0.469 e. The summed E-state index contributed by atoms with van der Waals surface area (Å²) in [7, 11) is -2.23. The Morgan fingerprint density at radius 3 is 2.47 bits per heavy atom. The number of carbonyl (C=O) groups is 1. The molecule has 0 aliphatic heterocycles. The Hall–Kier alpha value is -1.40. The highest BCUT2D eigenvalue weighted by Gasteiger charge is 2.24. The van der Waals surface area contributed by atoms with E-state index in [4.69, 9.17) is 4.74 Å². The molecule has 0 saturated carbocycles. The minimum atomic E-state index is -3.46. The number of esters is 1. The van der Waals surface area contributed by atoms with E-state index in [0.29, 0.717) is 0 Å². The number of hydrogen-bond donors (Lipinski definition) is 0. The molecule has 0 bridgehead atoms. The van der Waals surface area contributed by atoms with Crippen LogP contribution in [-0.4, -0.2) is 32.7 Å². The van der Waals surface area contributed by atoms with Gasteiger partial charge in [0.15, 0.2) is 9.84 Å². The maximum Gasteiger partial charge on any atom is 0.306 e. The number of rotatable bonds is 7. The smallest absolute Gasteiger partial charge is 0.306 e. The van der Waals surface area contributed by atoms with Crippen molar-refractivity contribution in [3.05, 3.63) is 35.9 Å². The molecule has 1 aromatic carbocycles. The molecule has 5 nitrogen and oxygen atoms in total. The van der Waals surface area contributed by atoms with Gasteiger partial charge < -0.3 is 9.47 Å². The van der Waals surface area contributed by atoms with E-state index < -0.39 is 27.0 Å².